The summed E-state index contributed by atoms with van der Waals surface area (Å²) in [6.07, 6.45) is 4.86. The molecule has 0 saturated heterocycles. The Bertz CT molecular complexity index is 765. The molecule has 1 aliphatic carbocycles. The average Bonchev–Trinajstić information content (AvgIpc) is 3.21. The van der Waals surface area contributed by atoms with Crippen LogP contribution in [0.1, 0.15) is 28.8 Å². The molecular formula is C17H15FN2O2S. The average molecular weight is 330 g/mol. The van der Waals surface area contributed by atoms with E-state index in [2.05, 4.69) is 10.6 Å². The van der Waals surface area contributed by atoms with Gasteiger partial charge in [0.1, 0.15) is 10.8 Å². The zero-order valence-corrected chi connectivity index (χ0v) is 13.0. The zero-order valence-electron chi connectivity index (χ0n) is 12.2. The second-order valence-electron chi connectivity index (χ2n) is 5.29. The van der Waals surface area contributed by atoms with E-state index in [1.807, 2.05) is 0 Å². The number of benzene rings is 1. The zero-order chi connectivity index (χ0) is 16.2. The largest absolute Gasteiger partial charge is 0.349 e. The van der Waals surface area contributed by atoms with E-state index < -0.39 is 0 Å². The molecule has 0 atom stereocenters. The van der Waals surface area contributed by atoms with Crippen LogP contribution in [0.5, 0.6) is 0 Å². The molecule has 1 heterocycles. The van der Waals surface area contributed by atoms with Crippen LogP contribution in [0.3, 0.4) is 0 Å². The minimum atomic E-state index is -0.364. The van der Waals surface area contributed by atoms with E-state index in [-0.39, 0.29) is 23.7 Å². The second-order valence-corrected chi connectivity index (χ2v) is 6.20. The third-order valence-corrected chi connectivity index (χ3v) is 4.16. The lowest BCUT2D eigenvalue weighted by atomic mass is 10.2. The van der Waals surface area contributed by atoms with E-state index in [1.165, 1.54) is 35.6 Å². The Morgan fingerprint density at radius 2 is 2.09 bits per heavy atom. The molecule has 0 radical (unpaired) electrons. The van der Waals surface area contributed by atoms with Gasteiger partial charge < -0.3 is 10.6 Å². The van der Waals surface area contributed by atoms with Crippen LogP contribution in [0, 0.1) is 5.82 Å². The first kappa shape index (κ1) is 15.4. The van der Waals surface area contributed by atoms with Crippen LogP contribution in [-0.2, 0) is 4.79 Å². The van der Waals surface area contributed by atoms with Gasteiger partial charge >= 0.3 is 0 Å². The fourth-order valence-corrected chi connectivity index (χ4v) is 2.80. The Morgan fingerprint density at radius 3 is 2.83 bits per heavy atom. The first-order chi connectivity index (χ1) is 11.1. The molecule has 1 fully saturated rings. The van der Waals surface area contributed by atoms with E-state index in [4.69, 9.17) is 0 Å². The van der Waals surface area contributed by atoms with Gasteiger partial charge in [0, 0.05) is 12.1 Å². The smallest absolute Gasteiger partial charge is 0.254 e. The maximum atomic E-state index is 13.1. The van der Waals surface area contributed by atoms with Crippen LogP contribution in [0.2, 0.25) is 0 Å². The molecule has 0 spiro atoms. The third-order valence-electron chi connectivity index (χ3n) is 3.33. The van der Waals surface area contributed by atoms with E-state index >= 15 is 0 Å². The van der Waals surface area contributed by atoms with Crippen molar-refractivity contribution < 1.29 is 14.0 Å². The highest BCUT2D eigenvalue weighted by atomic mass is 32.1. The summed E-state index contributed by atoms with van der Waals surface area (Å²) in [6, 6.07) is 7.91. The Morgan fingerprint density at radius 1 is 1.26 bits per heavy atom. The minimum absolute atomic E-state index is 0.168. The molecule has 1 aromatic carbocycles. The Hall–Kier alpha value is -2.47. The minimum Gasteiger partial charge on any atom is -0.349 e. The number of nitrogens with one attached hydrogen (secondary N) is 2. The SMILES string of the molecule is O=C(C=Cc1cccc(F)c1)Nc1sccc1C(=O)NC1CC1. The van der Waals surface area contributed by atoms with Crippen molar-refractivity contribution in [3.05, 3.63) is 58.7 Å². The molecule has 23 heavy (non-hydrogen) atoms. The van der Waals surface area contributed by atoms with E-state index in [9.17, 15) is 14.0 Å². The summed E-state index contributed by atoms with van der Waals surface area (Å²) in [7, 11) is 0. The van der Waals surface area contributed by atoms with Gasteiger partial charge in [-0.25, -0.2) is 4.39 Å². The summed E-state index contributed by atoms with van der Waals surface area (Å²) in [5.74, 6) is -0.889. The van der Waals surface area contributed by atoms with Gasteiger partial charge in [0.15, 0.2) is 0 Å². The number of rotatable bonds is 5. The van der Waals surface area contributed by atoms with Crippen molar-refractivity contribution in [1.82, 2.24) is 5.32 Å². The second kappa shape index (κ2) is 6.75. The topological polar surface area (TPSA) is 58.2 Å². The number of hydrogen-bond acceptors (Lipinski definition) is 3. The van der Waals surface area contributed by atoms with Crippen molar-refractivity contribution >= 4 is 34.2 Å². The van der Waals surface area contributed by atoms with Gasteiger partial charge in [-0.3, -0.25) is 9.59 Å². The summed E-state index contributed by atoms with van der Waals surface area (Å²) in [6.45, 7) is 0. The van der Waals surface area contributed by atoms with Gasteiger partial charge in [0.05, 0.1) is 5.56 Å². The van der Waals surface area contributed by atoms with Crippen molar-refractivity contribution in [2.75, 3.05) is 5.32 Å². The van der Waals surface area contributed by atoms with Crippen molar-refractivity contribution in [2.45, 2.75) is 18.9 Å². The van der Waals surface area contributed by atoms with Crippen LogP contribution >= 0.6 is 11.3 Å². The third kappa shape index (κ3) is 4.26. The molecule has 2 amide bonds. The predicted molar refractivity (Wildman–Crippen MR) is 88.9 cm³/mol. The Labute approximate surface area is 137 Å². The van der Waals surface area contributed by atoms with Gasteiger partial charge in [-0.2, -0.15) is 0 Å². The lowest BCUT2D eigenvalue weighted by Crippen LogP contribution is -2.26. The molecule has 0 bridgehead atoms. The summed E-state index contributed by atoms with van der Waals surface area (Å²) >= 11 is 1.29. The number of hydrogen-bond donors (Lipinski definition) is 2. The van der Waals surface area contributed by atoms with Gasteiger partial charge in [0.2, 0.25) is 5.91 Å². The molecule has 1 saturated carbocycles. The fraction of sp³-hybridized carbons (Fsp3) is 0.176. The number of carbonyl (C=O) groups excluding carboxylic acids is 2. The standard InChI is InChI=1S/C17H15FN2O2S/c18-12-3-1-2-11(10-12)4-7-15(21)20-17-14(8-9-23-17)16(22)19-13-5-6-13/h1-4,7-10,13H,5-6H2,(H,19,22)(H,20,21). The molecule has 4 nitrogen and oxygen atoms in total. The summed E-state index contributed by atoms with van der Waals surface area (Å²) < 4.78 is 13.1. The molecule has 1 aromatic heterocycles. The number of amides is 2. The molecule has 2 aromatic rings. The van der Waals surface area contributed by atoms with E-state index in [1.54, 1.807) is 23.6 Å². The number of anilines is 1. The van der Waals surface area contributed by atoms with Gasteiger partial charge in [-0.1, -0.05) is 12.1 Å². The van der Waals surface area contributed by atoms with Crippen LogP contribution in [0.25, 0.3) is 6.08 Å². The summed E-state index contributed by atoms with van der Waals surface area (Å²) in [4.78, 5) is 24.0. The highest BCUT2D eigenvalue weighted by Gasteiger charge is 2.25. The van der Waals surface area contributed by atoms with Crippen LogP contribution in [0.4, 0.5) is 9.39 Å². The van der Waals surface area contributed by atoms with Crippen LogP contribution in [-0.4, -0.2) is 17.9 Å². The summed E-state index contributed by atoms with van der Waals surface area (Å²) in [5.41, 5.74) is 1.06. The molecule has 0 unspecified atom stereocenters. The van der Waals surface area contributed by atoms with Gasteiger partial charge in [-0.05, 0) is 48.1 Å². The Balaban J connectivity index is 1.64. The maximum absolute atomic E-state index is 13.1. The van der Waals surface area contributed by atoms with Gasteiger partial charge in [-0.15, -0.1) is 11.3 Å². The van der Waals surface area contributed by atoms with E-state index in [0.29, 0.717) is 16.1 Å². The highest BCUT2D eigenvalue weighted by Crippen LogP contribution is 2.25. The van der Waals surface area contributed by atoms with Crippen LogP contribution in [0.15, 0.2) is 41.8 Å². The lowest BCUT2D eigenvalue weighted by molar-refractivity contribution is -0.111. The molecule has 0 aliphatic heterocycles. The lowest BCUT2D eigenvalue weighted by Gasteiger charge is -2.05. The van der Waals surface area contributed by atoms with Crippen molar-refractivity contribution in [2.24, 2.45) is 0 Å². The normalized spacial score (nSPS) is 14.0. The van der Waals surface area contributed by atoms with E-state index in [0.717, 1.165) is 12.8 Å². The predicted octanol–water partition coefficient (Wildman–Crippen LogP) is 3.43. The molecule has 118 valence electrons. The first-order valence-corrected chi connectivity index (χ1v) is 8.13. The first-order valence-electron chi connectivity index (χ1n) is 7.25. The summed E-state index contributed by atoms with van der Waals surface area (Å²) in [5, 5.41) is 7.85. The van der Waals surface area contributed by atoms with Crippen molar-refractivity contribution in [3.8, 4) is 0 Å². The number of thiophene rings is 1. The van der Waals surface area contributed by atoms with Crippen LogP contribution < -0.4 is 10.6 Å². The number of halogens is 1. The fourth-order valence-electron chi connectivity index (χ4n) is 2.01. The van der Waals surface area contributed by atoms with Crippen molar-refractivity contribution in [1.29, 1.82) is 0 Å². The molecule has 3 rings (SSSR count). The highest BCUT2D eigenvalue weighted by molar-refractivity contribution is 7.14. The van der Waals surface area contributed by atoms with Crippen molar-refractivity contribution in [3.63, 3.8) is 0 Å². The molecular weight excluding hydrogens is 315 g/mol. The molecule has 2 N–H and O–H groups in total. The molecule has 6 heteroatoms. The monoisotopic (exact) mass is 330 g/mol. The number of carbonyl (C=O) groups is 2. The quantitative estimate of drug-likeness (QED) is 0.825. The van der Waals surface area contributed by atoms with Gasteiger partial charge in [0.25, 0.3) is 5.91 Å². The maximum Gasteiger partial charge on any atom is 0.254 e. The molecule has 1 aliphatic rings. The Kier molecular flexibility index (Phi) is 4.52.